The second-order valence-corrected chi connectivity index (χ2v) is 4.53. The molecule has 3 nitrogen and oxygen atoms in total. The lowest BCUT2D eigenvalue weighted by molar-refractivity contribution is 0.317. The molecule has 100 valence electrons. The van der Waals surface area contributed by atoms with Crippen LogP contribution in [0.2, 0.25) is 10.3 Å². The van der Waals surface area contributed by atoms with Crippen LogP contribution in [-0.2, 0) is 0 Å². The molecule has 0 saturated heterocycles. The predicted octanol–water partition coefficient (Wildman–Crippen LogP) is 4.38. The van der Waals surface area contributed by atoms with Gasteiger partial charge in [-0.15, -0.1) is 0 Å². The fourth-order valence-electron chi connectivity index (χ4n) is 1.44. The third-order valence-corrected chi connectivity index (χ3v) is 2.86. The standard InChI is InChI=1S/C13H11Cl2FN2O/c1-2-7-19-9-5-3-8(4-6-9)13-17-11(14)10(16)12(15)18-13/h3-6H,2,7H2,1H3. The number of ether oxygens (including phenoxy) is 1. The molecule has 19 heavy (non-hydrogen) atoms. The maximum atomic E-state index is 13.2. The normalized spacial score (nSPS) is 10.5. The summed E-state index contributed by atoms with van der Waals surface area (Å²) in [5.41, 5.74) is 0.688. The van der Waals surface area contributed by atoms with E-state index in [4.69, 9.17) is 27.9 Å². The zero-order valence-corrected chi connectivity index (χ0v) is 11.7. The molecule has 6 heteroatoms. The van der Waals surface area contributed by atoms with Crippen molar-refractivity contribution in [1.82, 2.24) is 9.97 Å². The van der Waals surface area contributed by atoms with Gasteiger partial charge in [-0.3, -0.25) is 0 Å². The highest BCUT2D eigenvalue weighted by molar-refractivity contribution is 6.33. The van der Waals surface area contributed by atoms with Crippen LogP contribution in [0.1, 0.15) is 13.3 Å². The van der Waals surface area contributed by atoms with Crippen molar-refractivity contribution < 1.29 is 9.13 Å². The van der Waals surface area contributed by atoms with Crippen LogP contribution in [0.15, 0.2) is 24.3 Å². The molecule has 0 aliphatic carbocycles. The summed E-state index contributed by atoms with van der Waals surface area (Å²) in [6.07, 6.45) is 0.939. The van der Waals surface area contributed by atoms with Crippen molar-refractivity contribution in [1.29, 1.82) is 0 Å². The first-order chi connectivity index (χ1) is 9.11. The lowest BCUT2D eigenvalue weighted by Crippen LogP contribution is -1.96. The van der Waals surface area contributed by atoms with Crippen LogP contribution in [0.3, 0.4) is 0 Å². The topological polar surface area (TPSA) is 35.0 Å². The number of rotatable bonds is 4. The number of hydrogen-bond donors (Lipinski definition) is 0. The zero-order chi connectivity index (χ0) is 13.8. The van der Waals surface area contributed by atoms with E-state index in [-0.39, 0.29) is 16.1 Å². The number of nitrogens with zero attached hydrogens (tertiary/aromatic N) is 2. The summed E-state index contributed by atoms with van der Waals surface area (Å²) >= 11 is 11.3. The van der Waals surface area contributed by atoms with E-state index < -0.39 is 5.82 Å². The lowest BCUT2D eigenvalue weighted by atomic mass is 10.2. The van der Waals surface area contributed by atoms with E-state index in [1.165, 1.54) is 0 Å². The Morgan fingerprint density at radius 1 is 1.11 bits per heavy atom. The summed E-state index contributed by atoms with van der Waals surface area (Å²) in [4.78, 5) is 7.70. The molecule has 0 aliphatic heterocycles. The Morgan fingerprint density at radius 3 is 2.21 bits per heavy atom. The fourth-order valence-corrected chi connectivity index (χ4v) is 1.83. The van der Waals surface area contributed by atoms with Crippen LogP contribution in [0.25, 0.3) is 11.4 Å². The van der Waals surface area contributed by atoms with Crippen molar-refractivity contribution in [2.75, 3.05) is 6.61 Å². The Kier molecular flexibility index (Phi) is 4.56. The van der Waals surface area contributed by atoms with Crippen molar-refractivity contribution in [3.8, 4) is 17.1 Å². The van der Waals surface area contributed by atoms with Crippen LogP contribution in [0.4, 0.5) is 4.39 Å². The molecule has 0 bridgehead atoms. The molecule has 0 N–H and O–H groups in total. The molecule has 0 radical (unpaired) electrons. The molecule has 0 aliphatic rings. The fraction of sp³-hybridized carbons (Fsp3) is 0.231. The van der Waals surface area contributed by atoms with Gasteiger partial charge in [-0.05, 0) is 30.7 Å². The second kappa shape index (κ2) is 6.17. The number of benzene rings is 1. The molecular formula is C13H11Cl2FN2O. The molecule has 0 atom stereocenters. The minimum absolute atomic E-state index is 0.276. The summed E-state index contributed by atoms with van der Waals surface area (Å²) in [7, 11) is 0. The van der Waals surface area contributed by atoms with Crippen LogP contribution < -0.4 is 4.74 Å². The number of halogens is 3. The maximum Gasteiger partial charge on any atom is 0.197 e. The van der Waals surface area contributed by atoms with Gasteiger partial charge >= 0.3 is 0 Å². The van der Waals surface area contributed by atoms with Crippen molar-refractivity contribution in [2.24, 2.45) is 0 Å². The first-order valence-electron chi connectivity index (χ1n) is 5.73. The molecule has 0 unspecified atom stereocenters. The van der Waals surface area contributed by atoms with Gasteiger partial charge in [-0.25, -0.2) is 14.4 Å². The molecule has 0 saturated carbocycles. The quantitative estimate of drug-likeness (QED) is 0.786. The second-order valence-electron chi connectivity index (χ2n) is 3.82. The van der Waals surface area contributed by atoms with Gasteiger partial charge in [0.2, 0.25) is 0 Å². The van der Waals surface area contributed by atoms with Crippen molar-refractivity contribution in [2.45, 2.75) is 13.3 Å². The maximum absolute atomic E-state index is 13.2. The van der Waals surface area contributed by atoms with Gasteiger partial charge in [0, 0.05) is 5.56 Å². The van der Waals surface area contributed by atoms with Crippen LogP contribution in [0.5, 0.6) is 5.75 Å². The molecule has 1 aromatic heterocycles. The van der Waals surface area contributed by atoms with Gasteiger partial charge in [0.1, 0.15) is 5.75 Å². The van der Waals surface area contributed by atoms with E-state index in [1.807, 2.05) is 6.92 Å². The molecule has 0 fully saturated rings. The number of aromatic nitrogens is 2. The molecule has 2 aromatic rings. The largest absolute Gasteiger partial charge is 0.494 e. The smallest absolute Gasteiger partial charge is 0.197 e. The summed E-state index contributed by atoms with van der Waals surface area (Å²) in [6, 6.07) is 7.12. The average molecular weight is 301 g/mol. The molecule has 1 heterocycles. The highest BCUT2D eigenvalue weighted by Crippen LogP contribution is 2.25. The third-order valence-electron chi connectivity index (χ3n) is 2.36. The van der Waals surface area contributed by atoms with Crippen molar-refractivity contribution in [3.63, 3.8) is 0 Å². The van der Waals surface area contributed by atoms with Gasteiger partial charge in [-0.1, -0.05) is 30.1 Å². The van der Waals surface area contributed by atoms with Crippen molar-refractivity contribution >= 4 is 23.2 Å². The molecule has 1 aromatic carbocycles. The van der Waals surface area contributed by atoms with Crippen molar-refractivity contribution in [3.05, 3.63) is 40.4 Å². The molecule has 0 spiro atoms. The summed E-state index contributed by atoms with van der Waals surface area (Å²) in [6.45, 7) is 2.69. The van der Waals surface area contributed by atoms with Gasteiger partial charge < -0.3 is 4.74 Å². The first-order valence-corrected chi connectivity index (χ1v) is 6.49. The van der Waals surface area contributed by atoms with Gasteiger partial charge in [0.25, 0.3) is 0 Å². The van der Waals surface area contributed by atoms with Crippen LogP contribution in [-0.4, -0.2) is 16.6 Å². The Morgan fingerprint density at radius 2 is 1.68 bits per heavy atom. The molecular weight excluding hydrogens is 290 g/mol. The van der Waals surface area contributed by atoms with E-state index in [0.717, 1.165) is 12.2 Å². The predicted molar refractivity (Wildman–Crippen MR) is 73.2 cm³/mol. The Hall–Kier alpha value is -1.39. The summed E-state index contributed by atoms with van der Waals surface area (Å²) in [5.74, 6) is 0.221. The third kappa shape index (κ3) is 3.33. The Bertz CT molecular complexity index is 552. The summed E-state index contributed by atoms with van der Waals surface area (Å²) < 4.78 is 18.7. The number of hydrogen-bond acceptors (Lipinski definition) is 3. The van der Waals surface area contributed by atoms with E-state index in [0.29, 0.717) is 12.2 Å². The van der Waals surface area contributed by atoms with Gasteiger partial charge in [0.15, 0.2) is 21.9 Å². The SMILES string of the molecule is CCCOc1ccc(-c2nc(Cl)c(F)c(Cl)n2)cc1. The highest BCUT2D eigenvalue weighted by Gasteiger charge is 2.12. The Labute approximate surface area is 120 Å². The highest BCUT2D eigenvalue weighted by atomic mass is 35.5. The van der Waals surface area contributed by atoms with E-state index in [2.05, 4.69) is 9.97 Å². The van der Waals surface area contributed by atoms with Crippen LogP contribution >= 0.6 is 23.2 Å². The lowest BCUT2D eigenvalue weighted by Gasteiger charge is -2.06. The monoisotopic (exact) mass is 300 g/mol. The molecule has 2 rings (SSSR count). The summed E-state index contributed by atoms with van der Waals surface area (Å²) in [5, 5.41) is -0.581. The van der Waals surface area contributed by atoms with Gasteiger partial charge in [0.05, 0.1) is 6.61 Å². The minimum Gasteiger partial charge on any atom is -0.494 e. The first kappa shape index (κ1) is 14.0. The zero-order valence-electron chi connectivity index (χ0n) is 10.2. The van der Waals surface area contributed by atoms with Crippen LogP contribution in [0, 0.1) is 5.82 Å². The average Bonchev–Trinajstić information content (AvgIpc) is 2.42. The Balaban J connectivity index is 2.27. The van der Waals surface area contributed by atoms with E-state index in [1.54, 1.807) is 24.3 Å². The van der Waals surface area contributed by atoms with E-state index >= 15 is 0 Å². The molecule has 0 amide bonds. The van der Waals surface area contributed by atoms with Gasteiger partial charge in [-0.2, -0.15) is 0 Å². The minimum atomic E-state index is -0.810. The van der Waals surface area contributed by atoms with E-state index in [9.17, 15) is 4.39 Å².